The Morgan fingerprint density at radius 1 is 1.26 bits per heavy atom. The van der Waals surface area contributed by atoms with Gasteiger partial charge in [0.25, 0.3) is 10.0 Å². The van der Waals surface area contributed by atoms with Crippen LogP contribution in [0.5, 0.6) is 5.75 Å². The van der Waals surface area contributed by atoms with Crippen LogP contribution in [0.25, 0.3) is 10.2 Å². The number of thiazole rings is 1. The second-order valence-electron chi connectivity index (χ2n) is 5.25. The third-order valence-corrected chi connectivity index (χ3v) is 6.61. The lowest BCUT2D eigenvalue weighted by molar-refractivity contribution is 0.0697. The maximum Gasteiger partial charge on any atom is 0.337 e. The second kappa shape index (κ2) is 7.51. The molecule has 27 heavy (non-hydrogen) atoms. The molecule has 7 nitrogen and oxygen atoms in total. The van der Waals surface area contributed by atoms with Gasteiger partial charge >= 0.3 is 5.97 Å². The fourth-order valence-corrected chi connectivity index (χ4v) is 5.26. The Morgan fingerprint density at radius 3 is 2.67 bits per heavy atom. The highest BCUT2D eigenvalue weighted by atomic mass is 35.5. The normalized spacial score (nSPS) is 11.5. The minimum atomic E-state index is -4.17. The molecule has 2 N–H and O–H groups in total. The van der Waals surface area contributed by atoms with E-state index in [2.05, 4.69) is 9.71 Å². The molecule has 0 aliphatic heterocycles. The van der Waals surface area contributed by atoms with Crippen LogP contribution in [0.2, 0.25) is 10.0 Å². The van der Waals surface area contributed by atoms with Crippen LogP contribution in [0, 0.1) is 0 Å². The van der Waals surface area contributed by atoms with E-state index < -0.39 is 20.9 Å². The summed E-state index contributed by atoms with van der Waals surface area (Å²) in [5.41, 5.74) is 0.224. The van der Waals surface area contributed by atoms with Gasteiger partial charge in [0.05, 0.1) is 32.4 Å². The zero-order valence-electron chi connectivity index (χ0n) is 13.7. The Morgan fingerprint density at radius 2 is 2.00 bits per heavy atom. The number of aromatic carboxylic acids is 1. The molecule has 0 amide bonds. The first-order chi connectivity index (χ1) is 12.7. The molecule has 0 aliphatic carbocycles. The minimum Gasteiger partial charge on any atom is -0.494 e. The lowest BCUT2D eigenvalue weighted by Crippen LogP contribution is -2.14. The van der Waals surface area contributed by atoms with Gasteiger partial charge in [-0.1, -0.05) is 34.5 Å². The fourth-order valence-electron chi connectivity index (χ4n) is 2.27. The number of nitrogens with one attached hydrogen (secondary N) is 1. The molecule has 0 bridgehead atoms. The van der Waals surface area contributed by atoms with E-state index in [1.165, 1.54) is 0 Å². The summed E-state index contributed by atoms with van der Waals surface area (Å²) in [6.07, 6.45) is 0. The number of halogens is 2. The molecule has 11 heteroatoms. The molecule has 0 saturated heterocycles. The number of fused-ring (bicyclic) bond motifs is 1. The zero-order valence-corrected chi connectivity index (χ0v) is 16.8. The number of anilines is 1. The quantitative estimate of drug-likeness (QED) is 0.577. The van der Waals surface area contributed by atoms with Crippen molar-refractivity contribution >= 4 is 65.9 Å². The molecule has 0 aliphatic rings. The van der Waals surface area contributed by atoms with E-state index in [4.69, 9.17) is 33.0 Å². The smallest absolute Gasteiger partial charge is 0.337 e. The molecule has 0 unspecified atom stereocenters. The van der Waals surface area contributed by atoms with Gasteiger partial charge in [-0.25, -0.2) is 18.2 Å². The van der Waals surface area contributed by atoms with E-state index in [-0.39, 0.29) is 20.7 Å². The van der Waals surface area contributed by atoms with Crippen molar-refractivity contribution < 1.29 is 23.1 Å². The molecule has 3 aromatic rings. The number of benzene rings is 2. The van der Waals surface area contributed by atoms with Crippen molar-refractivity contribution in [3.8, 4) is 5.75 Å². The van der Waals surface area contributed by atoms with Gasteiger partial charge in [-0.2, -0.15) is 0 Å². The topological polar surface area (TPSA) is 106 Å². The first-order valence-electron chi connectivity index (χ1n) is 7.50. The van der Waals surface area contributed by atoms with E-state index in [1.807, 2.05) is 6.92 Å². The number of hydrogen-bond donors (Lipinski definition) is 2. The summed E-state index contributed by atoms with van der Waals surface area (Å²) in [6.45, 7) is 2.36. The van der Waals surface area contributed by atoms with Gasteiger partial charge in [-0.15, -0.1) is 0 Å². The van der Waals surface area contributed by atoms with Gasteiger partial charge < -0.3 is 9.84 Å². The third-order valence-electron chi connectivity index (χ3n) is 3.43. The van der Waals surface area contributed by atoms with Gasteiger partial charge in [-0.3, -0.25) is 4.72 Å². The van der Waals surface area contributed by atoms with E-state index in [0.717, 1.165) is 28.2 Å². The number of ether oxygens (including phenoxy) is 1. The average molecular weight is 447 g/mol. The number of carboxylic acids is 1. The molecule has 1 heterocycles. The summed E-state index contributed by atoms with van der Waals surface area (Å²) in [5, 5.41) is 8.89. The Labute approximate surface area is 168 Å². The number of sulfonamides is 1. The van der Waals surface area contributed by atoms with Gasteiger partial charge in [-0.05, 0) is 37.3 Å². The second-order valence-corrected chi connectivity index (χ2v) is 8.75. The lowest BCUT2D eigenvalue weighted by Gasteiger charge is -2.09. The Kier molecular flexibility index (Phi) is 5.48. The molecule has 0 spiro atoms. The van der Waals surface area contributed by atoms with Gasteiger partial charge in [0.2, 0.25) is 0 Å². The molecule has 0 radical (unpaired) electrons. The third kappa shape index (κ3) is 4.11. The highest BCUT2D eigenvalue weighted by Gasteiger charge is 2.24. The lowest BCUT2D eigenvalue weighted by atomic mass is 10.2. The predicted molar refractivity (Wildman–Crippen MR) is 105 cm³/mol. The Bertz CT molecular complexity index is 1150. The molecule has 2 aromatic carbocycles. The average Bonchev–Trinajstić information content (AvgIpc) is 2.95. The molecule has 3 rings (SSSR count). The largest absolute Gasteiger partial charge is 0.494 e. The van der Waals surface area contributed by atoms with Crippen LogP contribution in [0.3, 0.4) is 0 Å². The SMILES string of the molecule is CCOc1ccc2nc(NS(=O)(=O)c3cc(C(=O)O)c(Cl)cc3Cl)sc2c1. The summed E-state index contributed by atoms with van der Waals surface area (Å²) < 4.78 is 33.8. The van der Waals surface area contributed by atoms with E-state index in [0.29, 0.717) is 17.9 Å². The van der Waals surface area contributed by atoms with Gasteiger partial charge in [0, 0.05) is 0 Å². The van der Waals surface area contributed by atoms with Crippen molar-refractivity contribution in [1.29, 1.82) is 0 Å². The number of carbonyl (C=O) groups is 1. The van der Waals surface area contributed by atoms with E-state index in [1.54, 1.807) is 18.2 Å². The minimum absolute atomic E-state index is 0.113. The molecular formula is C16H12Cl2N2O5S2. The molecule has 142 valence electrons. The summed E-state index contributed by atoms with van der Waals surface area (Å²) in [4.78, 5) is 15.0. The van der Waals surface area contributed by atoms with Crippen LogP contribution < -0.4 is 9.46 Å². The van der Waals surface area contributed by atoms with Gasteiger partial charge in [0.1, 0.15) is 10.6 Å². The van der Waals surface area contributed by atoms with Crippen LogP contribution in [0.15, 0.2) is 35.2 Å². The first kappa shape index (κ1) is 19.7. The summed E-state index contributed by atoms with van der Waals surface area (Å²) >= 11 is 12.9. The van der Waals surface area contributed by atoms with E-state index in [9.17, 15) is 13.2 Å². The maximum atomic E-state index is 12.7. The van der Waals surface area contributed by atoms with Crippen LogP contribution in [-0.4, -0.2) is 31.1 Å². The van der Waals surface area contributed by atoms with Crippen LogP contribution >= 0.6 is 34.5 Å². The number of rotatable bonds is 6. The molecular weight excluding hydrogens is 435 g/mol. The van der Waals surface area contributed by atoms with Crippen molar-refractivity contribution in [3.63, 3.8) is 0 Å². The zero-order chi connectivity index (χ0) is 19.8. The molecule has 0 fully saturated rings. The van der Waals surface area contributed by atoms with Crippen LogP contribution in [0.4, 0.5) is 5.13 Å². The predicted octanol–water partition coefficient (Wildman–Crippen LogP) is 4.50. The first-order valence-corrected chi connectivity index (χ1v) is 10.6. The number of hydrogen-bond acceptors (Lipinski definition) is 6. The number of aromatic nitrogens is 1. The summed E-state index contributed by atoms with van der Waals surface area (Å²) in [6, 6.07) is 7.20. The highest BCUT2D eigenvalue weighted by molar-refractivity contribution is 7.93. The standard InChI is InChI=1S/C16H12Cl2N2O5S2/c1-2-25-8-3-4-12-13(5-8)26-16(19-12)20-27(23,24)14-6-9(15(21)22)10(17)7-11(14)18/h3-7H,2H2,1H3,(H,19,20)(H,21,22). The van der Waals surface area contributed by atoms with Crippen molar-refractivity contribution in [2.24, 2.45) is 0 Å². The van der Waals surface area contributed by atoms with Crippen LogP contribution in [-0.2, 0) is 10.0 Å². The monoisotopic (exact) mass is 446 g/mol. The summed E-state index contributed by atoms with van der Waals surface area (Å²) in [7, 11) is -4.17. The molecule has 0 atom stereocenters. The maximum absolute atomic E-state index is 12.7. The Balaban J connectivity index is 1.98. The number of carboxylic acid groups (broad SMARTS) is 1. The summed E-state index contributed by atoms with van der Waals surface area (Å²) in [5.74, 6) is -0.716. The number of nitrogens with zero attached hydrogens (tertiary/aromatic N) is 1. The Hall–Kier alpha value is -2.07. The highest BCUT2D eigenvalue weighted by Crippen LogP contribution is 2.33. The molecule has 0 saturated carbocycles. The fraction of sp³-hybridized carbons (Fsp3) is 0.125. The van der Waals surface area contributed by atoms with Crippen molar-refractivity contribution in [3.05, 3.63) is 45.9 Å². The van der Waals surface area contributed by atoms with E-state index >= 15 is 0 Å². The van der Waals surface area contributed by atoms with Crippen molar-refractivity contribution in [2.45, 2.75) is 11.8 Å². The van der Waals surface area contributed by atoms with Crippen molar-refractivity contribution in [1.82, 2.24) is 4.98 Å². The van der Waals surface area contributed by atoms with Gasteiger partial charge in [0.15, 0.2) is 5.13 Å². The van der Waals surface area contributed by atoms with Crippen molar-refractivity contribution in [2.75, 3.05) is 11.3 Å². The molecule has 1 aromatic heterocycles. The van der Waals surface area contributed by atoms with Crippen LogP contribution in [0.1, 0.15) is 17.3 Å².